The molecule has 1 saturated carbocycles. The predicted molar refractivity (Wildman–Crippen MR) is 119 cm³/mol. The minimum absolute atomic E-state index is 0.0359. The van der Waals surface area contributed by atoms with E-state index in [9.17, 15) is 19.2 Å². The molecule has 1 fully saturated rings. The minimum Gasteiger partial charge on any atom is -0.349 e. The number of hydrogen-bond donors (Lipinski definition) is 4. The van der Waals surface area contributed by atoms with E-state index in [4.69, 9.17) is 0 Å². The SMILES string of the molecule is Cn1c(=O)[nH]c2cc(C(=O)NC3CC(NC(=O)c4ccc5c(c4)[nH]c(=O)n5C)C3)ccc21. The Kier molecular flexibility index (Phi) is 4.50. The zero-order valence-electron chi connectivity index (χ0n) is 17.6. The number of nitrogens with one attached hydrogen (secondary N) is 4. The second kappa shape index (κ2) is 7.26. The topological polar surface area (TPSA) is 134 Å². The molecule has 0 unspecified atom stereocenters. The van der Waals surface area contributed by atoms with Crippen LogP contribution in [-0.2, 0) is 14.1 Å². The van der Waals surface area contributed by atoms with Crippen molar-refractivity contribution in [3.8, 4) is 0 Å². The van der Waals surface area contributed by atoms with Crippen LogP contribution >= 0.6 is 0 Å². The molecule has 10 nitrogen and oxygen atoms in total. The zero-order valence-corrected chi connectivity index (χ0v) is 17.6. The fraction of sp³-hybridized carbons (Fsp3) is 0.273. The maximum Gasteiger partial charge on any atom is 0.326 e. The number of aromatic nitrogens is 4. The highest BCUT2D eigenvalue weighted by molar-refractivity contribution is 5.98. The molecule has 0 spiro atoms. The Labute approximate surface area is 181 Å². The van der Waals surface area contributed by atoms with Gasteiger partial charge >= 0.3 is 11.4 Å². The van der Waals surface area contributed by atoms with Crippen LogP contribution in [0, 0.1) is 0 Å². The van der Waals surface area contributed by atoms with Gasteiger partial charge in [-0.1, -0.05) is 0 Å². The molecule has 0 radical (unpaired) electrons. The van der Waals surface area contributed by atoms with Gasteiger partial charge in [0.15, 0.2) is 0 Å². The Morgan fingerprint density at radius 2 is 1.19 bits per heavy atom. The van der Waals surface area contributed by atoms with E-state index in [0.717, 1.165) is 11.0 Å². The van der Waals surface area contributed by atoms with Gasteiger partial charge in [0.1, 0.15) is 0 Å². The van der Waals surface area contributed by atoms with Crippen LogP contribution in [0.1, 0.15) is 33.6 Å². The summed E-state index contributed by atoms with van der Waals surface area (Å²) >= 11 is 0. The summed E-state index contributed by atoms with van der Waals surface area (Å²) in [4.78, 5) is 54.0. The van der Waals surface area contributed by atoms with E-state index in [-0.39, 0.29) is 35.3 Å². The fourth-order valence-electron chi connectivity index (χ4n) is 4.15. The van der Waals surface area contributed by atoms with Crippen molar-refractivity contribution in [2.24, 2.45) is 14.1 Å². The monoisotopic (exact) mass is 434 g/mol. The third-order valence-corrected chi connectivity index (χ3v) is 6.14. The standard InChI is InChI=1S/C22H22N6O4/c1-27-17-5-3-11(7-15(17)25-21(27)31)19(29)23-13-9-14(10-13)24-20(30)12-4-6-18-16(8-12)26-22(32)28(18)2/h3-8,13-14H,9-10H2,1-2H3,(H,23,29)(H,24,30)(H,25,31)(H,26,32). The number of nitrogens with zero attached hydrogens (tertiary/aromatic N) is 2. The van der Waals surface area contributed by atoms with Crippen molar-refractivity contribution in [2.75, 3.05) is 0 Å². The van der Waals surface area contributed by atoms with Gasteiger partial charge in [-0.3, -0.25) is 18.7 Å². The van der Waals surface area contributed by atoms with Gasteiger partial charge in [0.25, 0.3) is 11.8 Å². The zero-order chi connectivity index (χ0) is 22.6. The average molecular weight is 434 g/mol. The Balaban J connectivity index is 1.18. The molecule has 2 aromatic heterocycles. The van der Waals surface area contributed by atoms with Crippen molar-refractivity contribution >= 4 is 33.9 Å². The smallest absolute Gasteiger partial charge is 0.326 e. The Hall–Kier alpha value is -4.08. The highest BCUT2D eigenvalue weighted by Crippen LogP contribution is 2.22. The molecule has 164 valence electrons. The van der Waals surface area contributed by atoms with Gasteiger partial charge in [0.05, 0.1) is 22.1 Å². The number of aryl methyl sites for hydroxylation is 2. The second-order valence-electron chi connectivity index (χ2n) is 8.25. The van der Waals surface area contributed by atoms with Crippen molar-refractivity contribution in [2.45, 2.75) is 24.9 Å². The van der Waals surface area contributed by atoms with Gasteiger partial charge in [-0.15, -0.1) is 0 Å². The van der Waals surface area contributed by atoms with Gasteiger partial charge < -0.3 is 20.6 Å². The van der Waals surface area contributed by atoms with Gasteiger partial charge in [-0.25, -0.2) is 9.59 Å². The summed E-state index contributed by atoms with van der Waals surface area (Å²) < 4.78 is 2.98. The van der Waals surface area contributed by atoms with E-state index in [0.29, 0.717) is 35.0 Å². The summed E-state index contributed by atoms with van der Waals surface area (Å²) in [6.45, 7) is 0. The van der Waals surface area contributed by atoms with Gasteiger partial charge in [-0.2, -0.15) is 0 Å². The molecule has 0 atom stereocenters. The predicted octanol–water partition coefficient (Wildman–Crippen LogP) is 0.737. The molecule has 2 heterocycles. The lowest BCUT2D eigenvalue weighted by molar-refractivity contribution is 0.0862. The Morgan fingerprint density at radius 1 is 0.781 bits per heavy atom. The van der Waals surface area contributed by atoms with Crippen molar-refractivity contribution in [1.29, 1.82) is 0 Å². The second-order valence-corrected chi connectivity index (χ2v) is 8.25. The molecule has 0 saturated heterocycles. The summed E-state index contributed by atoms with van der Waals surface area (Å²) in [5.74, 6) is -0.435. The number of imidazole rings is 2. The van der Waals surface area contributed by atoms with Gasteiger partial charge in [0, 0.05) is 37.3 Å². The maximum absolute atomic E-state index is 12.6. The Bertz CT molecular complexity index is 1390. The van der Waals surface area contributed by atoms with Crippen LogP contribution in [0.3, 0.4) is 0 Å². The summed E-state index contributed by atoms with van der Waals surface area (Å²) in [6.07, 6.45) is 1.26. The third-order valence-electron chi connectivity index (χ3n) is 6.14. The number of aromatic amines is 2. The molecular weight excluding hydrogens is 412 g/mol. The highest BCUT2D eigenvalue weighted by atomic mass is 16.2. The van der Waals surface area contributed by atoms with Crippen LogP contribution in [0.4, 0.5) is 0 Å². The maximum atomic E-state index is 12.6. The van der Waals surface area contributed by atoms with Gasteiger partial charge in [-0.05, 0) is 49.2 Å². The Morgan fingerprint density at radius 3 is 1.59 bits per heavy atom. The molecule has 2 amide bonds. The van der Waals surface area contributed by atoms with Crippen LogP contribution in [0.2, 0.25) is 0 Å². The van der Waals surface area contributed by atoms with Crippen molar-refractivity contribution < 1.29 is 9.59 Å². The largest absolute Gasteiger partial charge is 0.349 e. The summed E-state index contributed by atoms with van der Waals surface area (Å²) in [5.41, 5.74) is 3.17. The van der Waals surface area contributed by atoms with E-state index in [1.165, 1.54) is 9.13 Å². The number of fused-ring (bicyclic) bond motifs is 2. The molecule has 4 N–H and O–H groups in total. The van der Waals surface area contributed by atoms with E-state index >= 15 is 0 Å². The number of benzene rings is 2. The fourth-order valence-corrected chi connectivity index (χ4v) is 4.15. The molecular formula is C22H22N6O4. The van der Waals surface area contributed by atoms with E-state index in [2.05, 4.69) is 20.6 Å². The lowest BCUT2D eigenvalue weighted by atomic mass is 9.86. The molecule has 2 aromatic carbocycles. The number of amides is 2. The average Bonchev–Trinajstić information content (AvgIpc) is 3.20. The van der Waals surface area contributed by atoms with Crippen LogP contribution in [0.25, 0.3) is 22.1 Å². The summed E-state index contributed by atoms with van der Waals surface area (Å²) in [7, 11) is 3.34. The molecule has 0 bridgehead atoms. The first-order valence-corrected chi connectivity index (χ1v) is 10.3. The number of carbonyl (C=O) groups excluding carboxylic acids is 2. The molecule has 1 aliphatic rings. The summed E-state index contributed by atoms with van der Waals surface area (Å²) in [5, 5.41) is 5.93. The van der Waals surface area contributed by atoms with Gasteiger partial charge in [0.2, 0.25) is 0 Å². The van der Waals surface area contributed by atoms with Crippen LogP contribution in [0.5, 0.6) is 0 Å². The van der Waals surface area contributed by atoms with E-state index in [1.807, 2.05) is 0 Å². The molecule has 5 rings (SSSR count). The first-order valence-electron chi connectivity index (χ1n) is 10.3. The molecule has 4 aromatic rings. The lowest BCUT2D eigenvalue weighted by Crippen LogP contribution is -2.53. The van der Waals surface area contributed by atoms with Crippen LogP contribution < -0.4 is 22.0 Å². The van der Waals surface area contributed by atoms with Crippen LogP contribution in [0.15, 0.2) is 46.0 Å². The number of rotatable bonds is 4. The number of H-pyrrole nitrogens is 2. The first-order chi connectivity index (χ1) is 15.3. The van der Waals surface area contributed by atoms with E-state index < -0.39 is 0 Å². The number of carbonyl (C=O) groups is 2. The van der Waals surface area contributed by atoms with Crippen molar-refractivity contribution in [3.63, 3.8) is 0 Å². The molecule has 32 heavy (non-hydrogen) atoms. The summed E-state index contributed by atoms with van der Waals surface area (Å²) in [6, 6.07) is 10.1. The first kappa shape index (κ1) is 19.9. The lowest BCUT2D eigenvalue weighted by Gasteiger charge is -2.36. The van der Waals surface area contributed by atoms with Crippen LogP contribution in [-0.4, -0.2) is 43.0 Å². The molecule has 0 aliphatic heterocycles. The van der Waals surface area contributed by atoms with Crippen molar-refractivity contribution in [1.82, 2.24) is 29.7 Å². The number of hydrogen-bond acceptors (Lipinski definition) is 4. The molecule has 10 heteroatoms. The normalized spacial score (nSPS) is 17.9. The quantitative estimate of drug-likeness (QED) is 0.377. The molecule has 1 aliphatic carbocycles. The van der Waals surface area contributed by atoms with E-state index in [1.54, 1.807) is 50.5 Å². The third kappa shape index (κ3) is 3.29. The van der Waals surface area contributed by atoms with Crippen molar-refractivity contribution in [3.05, 3.63) is 68.5 Å². The minimum atomic E-state index is -0.229. The highest BCUT2D eigenvalue weighted by Gasteiger charge is 2.32.